The first kappa shape index (κ1) is 12.6. The minimum Gasteiger partial charge on any atom is -0.340 e. The van der Waals surface area contributed by atoms with Crippen LogP contribution in [0.1, 0.15) is 50.7 Å². The van der Waals surface area contributed by atoms with Crippen molar-refractivity contribution in [2.75, 3.05) is 6.54 Å². The van der Waals surface area contributed by atoms with Gasteiger partial charge in [0.25, 0.3) is 0 Å². The van der Waals surface area contributed by atoms with Crippen LogP contribution in [0.4, 0.5) is 0 Å². The third-order valence-electron chi connectivity index (χ3n) is 3.78. The van der Waals surface area contributed by atoms with Gasteiger partial charge in [0.15, 0.2) is 5.82 Å². The maximum atomic E-state index is 4.95. The van der Waals surface area contributed by atoms with Gasteiger partial charge in [-0.1, -0.05) is 18.5 Å². The van der Waals surface area contributed by atoms with E-state index >= 15 is 0 Å². The Hall–Kier alpha value is -0.900. The normalized spacial score (nSPS) is 25.1. The van der Waals surface area contributed by atoms with E-state index in [4.69, 9.17) is 4.52 Å². The molecule has 1 aliphatic rings. The Kier molecular flexibility index (Phi) is 4.54. The standard InChI is InChI=1S/C13H23N3O/c1-3-11-4-6-12(7-5-11)14-9-8-13-15-10(2)17-16-13/h11-12,14H,3-9H2,1-2H3. The molecule has 0 atom stereocenters. The van der Waals surface area contributed by atoms with Crippen LogP contribution in [-0.4, -0.2) is 22.7 Å². The van der Waals surface area contributed by atoms with Crippen LogP contribution in [0, 0.1) is 12.8 Å². The van der Waals surface area contributed by atoms with Crippen molar-refractivity contribution < 1.29 is 4.52 Å². The monoisotopic (exact) mass is 237 g/mol. The third kappa shape index (κ3) is 3.80. The Bertz CT molecular complexity index is 329. The molecule has 0 bridgehead atoms. The Balaban J connectivity index is 1.63. The second-order valence-electron chi connectivity index (χ2n) is 5.06. The Labute approximate surface area is 103 Å². The highest BCUT2D eigenvalue weighted by atomic mass is 16.5. The third-order valence-corrected chi connectivity index (χ3v) is 3.78. The molecule has 0 spiro atoms. The smallest absolute Gasteiger partial charge is 0.223 e. The molecule has 0 amide bonds. The van der Waals surface area contributed by atoms with Gasteiger partial charge in [-0.3, -0.25) is 0 Å². The predicted octanol–water partition coefficient (Wildman–Crippen LogP) is 2.48. The maximum absolute atomic E-state index is 4.95. The van der Waals surface area contributed by atoms with Gasteiger partial charge in [0.05, 0.1) is 0 Å². The largest absolute Gasteiger partial charge is 0.340 e. The van der Waals surface area contributed by atoms with Gasteiger partial charge >= 0.3 is 0 Å². The number of aromatic nitrogens is 2. The first-order chi connectivity index (χ1) is 8.28. The van der Waals surface area contributed by atoms with Crippen LogP contribution < -0.4 is 5.32 Å². The average molecular weight is 237 g/mol. The lowest BCUT2D eigenvalue weighted by Crippen LogP contribution is -2.34. The van der Waals surface area contributed by atoms with Crippen molar-refractivity contribution in [2.24, 2.45) is 5.92 Å². The number of hydrogen-bond donors (Lipinski definition) is 1. The molecule has 0 aromatic carbocycles. The lowest BCUT2D eigenvalue weighted by atomic mass is 9.84. The molecule has 96 valence electrons. The number of hydrogen-bond acceptors (Lipinski definition) is 4. The summed E-state index contributed by atoms with van der Waals surface area (Å²) in [6, 6.07) is 0.700. The van der Waals surface area contributed by atoms with E-state index in [2.05, 4.69) is 22.4 Å². The number of nitrogens with one attached hydrogen (secondary N) is 1. The van der Waals surface area contributed by atoms with Gasteiger partial charge in [-0.05, 0) is 31.6 Å². The molecule has 1 aromatic heterocycles. The van der Waals surface area contributed by atoms with E-state index in [1.807, 2.05) is 6.92 Å². The second-order valence-corrected chi connectivity index (χ2v) is 5.06. The summed E-state index contributed by atoms with van der Waals surface area (Å²) in [4.78, 5) is 4.20. The van der Waals surface area contributed by atoms with E-state index in [9.17, 15) is 0 Å². The van der Waals surface area contributed by atoms with Crippen LogP contribution in [0.25, 0.3) is 0 Å². The van der Waals surface area contributed by atoms with Crippen LogP contribution >= 0.6 is 0 Å². The van der Waals surface area contributed by atoms with Crippen molar-refractivity contribution in [3.63, 3.8) is 0 Å². The Morgan fingerprint density at radius 2 is 2.06 bits per heavy atom. The summed E-state index contributed by atoms with van der Waals surface area (Å²) in [6.07, 6.45) is 7.62. The molecule has 4 nitrogen and oxygen atoms in total. The molecule has 2 rings (SSSR count). The van der Waals surface area contributed by atoms with E-state index in [1.165, 1.54) is 32.1 Å². The molecule has 1 aliphatic carbocycles. The van der Waals surface area contributed by atoms with E-state index in [1.54, 1.807) is 0 Å². The Morgan fingerprint density at radius 3 is 2.65 bits per heavy atom. The average Bonchev–Trinajstić information content (AvgIpc) is 2.76. The van der Waals surface area contributed by atoms with Crippen molar-refractivity contribution in [3.8, 4) is 0 Å². The molecular weight excluding hydrogens is 214 g/mol. The zero-order valence-corrected chi connectivity index (χ0v) is 10.9. The van der Waals surface area contributed by atoms with E-state index < -0.39 is 0 Å². The SMILES string of the molecule is CCC1CCC(NCCc2noc(C)n2)CC1. The van der Waals surface area contributed by atoms with Gasteiger partial charge in [-0.2, -0.15) is 4.98 Å². The summed E-state index contributed by atoms with van der Waals surface area (Å²) < 4.78 is 4.95. The summed E-state index contributed by atoms with van der Waals surface area (Å²) in [5.74, 6) is 2.44. The number of nitrogens with zero attached hydrogens (tertiary/aromatic N) is 2. The van der Waals surface area contributed by atoms with Crippen molar-refractivity contribution in [1.82, 2.24) is 15.5 Å². The van der Waals surface area contributed by atoms with Gasteiger partial charge in [0.1, 0.15) is 0 Å². The summed E-state index contributed by atoms with van der Waals surface area (Å²) >= 11 is 0. The summed E-state index contributed by atoms with van der Waals surface area (Å²) in [5, 5.41) is 7.50. The molecule has 0 aliphatic heterocycles. The lowest BCUT2D eigenvalue weighted by molar-refractivity contribution is 0.286. The molecule has 0 unspecified atom stereocenters. The van der Waals surface area contributed by atoms with E-state index in [-0.39, 0.29) is 0 Å². The van der Waals surface area contributed by atoms with E-state index in [0.29, 0.717) is 11.9 Å². The van der Waals surface area contributed by atoms with Crippen LogP contribution in [-0.2, 0) is 6.42 Å². The molecule has 4 heteroatoms. The van der Waals surface area contributed by atoms with Crippen LogP contribution in [0.15, 0.2) is 4.52 Å². The van der Waals surface area contributed by atoms with Gasteiger partial charge in [0.2, 0.25) is 5.89 Å². The zero-order valence-electron chi connectivity index (χ0n) is 10.9. The van der Waals surface area contributed by atoms with E-state index in [0.717, 1.165) is 24.7 Å². The molecule has 17 heavy (non-hydrogen) atoms. The van der Waals surface area contributed by atoms with Gasteiger partial charge in [-0.25, -0.2) is 0 Å². The fraction of sp³-hybridized carbons (Fsp3) is 0.846. The summed E-state index contributed by atoms with van der Waals surface area (Å²) in [7, 11) is 0. The van der Waals surface area contributed by atoms with Gasteiger partial charge in [-0.15, -0.1) is 0 Å². The van der Waals surface area contributed by atoms with Crippen LogP contribution in [0.3, 0.4) is 0 Å². The lowest BCUT2D eigenvalue weighted by Gasteiger charge is -2.28. The topological polar surface area (TPSA) is 51.0 Å². The highest BCUT2D eigenvalue weighted by molar-refractivity contribution is 4.85. The van der Waals surface area contributed by atoms with Crippen molar-refractivity contribution in [1.29, 1.82) is 0 Å². The highest BCUT2D eigenvalue weighted by Gasteiger charge is 2.19. The molecular formula is C13H23N3O. The van der Waals surface area contributed by atoms with Crippen molar-refractivity contribution >= 4 is 0 Å². The molecule has 1 heterocycles. The number of rotatable bonds is 5. The molecule has 1 aromatic rings. The molecule has 1 saturated carbocycles. The van der Waals surface area contributed by atoms with Crippen LogP contribution in [0.5, 0.6) is 0 Å². The fourth-order valence-electron chi connectivity index (χ4n) is 2.61. The Morgan fingerprint density at radius 1 is 1.29 bits per heavy atom. The van der Waals surface area contributed by atoms with Gasteiger partial charge < -0.3 is 9.84 Å². The molecule has 1 N–H and O–H groups in total. The minimum atomic E-state index is 0.656. The second kappa shape index (κ2) is 6.15. The van der Waals surface area contributed by atoms with Gasteiger partial charge in [0, 0.05) is 25.9 Å². The van der Waals surface area contributed by atoms with Crippen molar-refractivity contribution in [2.45, 2.75) is 58.4 Å². The quantitative estimate of drug-likeness (QED) is 0.854. The number of aryl methyl sites for hydroxylation is 1. The first-order valence-electron chi connectivity index (χ1n) is 6.80. The molecule has 1 fully saturated rings. The predicted molar refractivity (Wildman–Crippen MR) is 66.8 cm³/mol. The zero-order chi connectivity index (χ0) is 12.1. The summed E-state index contributed by atoms with van der Waals surface area (Å²) in [5.41, 5.74) is 0. The highest BCUT2D eigenvalue weighted by Crippen LogP contribution is 2.26. The molecule has 0 saturated heterocycles. The maximum Gasteiger partial charge on any atom is 0.223 e. The van der Waals surface area contributed by atoms with Crippen LogP contribution in [0.2, 0.25) is 0 Å². The molecule has 0 radical (unpaired) electrons. The fourth-order valence-corrected chi connectivity index (χ4v) is 2.61. The minimum absolute atomic E-state index is 0.656. The first-order valence-corrected chi connectivity index (χ1v) is 6.80. The van der Waals surface area contributed by atoms with Crippen molar-refractivity contribution in [3.05, 3.63) is 11.7 Å². The summed E-state index contributed by atoms with van der Waals surface area (Å²) in [6.45, 7) is 5.09.